The Bertz CT molecular complexity index is 459. The quantitative estimate of drug-likeness (QED) is 0.772. The Balaban J connectivity index is 2.58. The Morgan fingerprint density at radius 2 is 1.95 bits per heavy atom. The summed E-state index contributed by atoms with van der Waals surface area (Å²) in [6.45, 7) is 2.88. The van der Waals surface area contributed by atoms with Crippen LogP contribution in [0, 0.1) is 0 Å². The van der Waals surface area contributed by atoms with Gasteiger partial charge in [-0.15, -0.1) is 0 Å². The highest BCUT2D eigenvalue weighted by Gasteiger charge is 2.20. The molecule has 6 nitrogen and oxygen atoms in total. The first kappa shape index (κ1) is 16.0. The van der Waals surface area contributed by atoms with E-state index in [0.717, 1.165) is 11.3 Å². The topological polar surface area (TPSA) is 92.9 Å². The summed E-state index contributed by atoms with van der Waals surface area (Å²) in [6, 6.07) is 6.36. The Labute approximate surface area is 118 Å². The second kappa shape index (κ2) is 7.49. The first-order chi connectivity index (χ1) is 9.43. The smallest absolute Gasteiger partial charge is 0.305 e. The second-order valence-corrected chi connectivity index (χ2v) is 4.48. The minimum atomic E-state index is -1.08. The lowest BCUT2D eigenvalue weighted by atomic mass is 10.1. The molecule has 1 amide bonds. The average Bonchev–Trinajstić information content (AvgIpc) is 2.39. The number of aliphatic carboxylic acids is 1. The Morgan fingerprint density at radius 1 is 1.35 bits per heavy atom. The third-order valence-electron chi connectivity index (χ3n) is 2.74. The monoisotopic (exact) mass is 280 g/mol. The summed E-state index contributed by atoms with van der Waals surface area (Å²) < 4.78 is 5.33. The van der Waals surface area contributed by atoms with Gasteiger partial charge in [0.2, 0.25) is 5.91 Å². The fourth-order valence-electron chi connectivity index (χ4n) is 1.77. The first-order valence-corrected chi connectivity index (χ1v) is 6.38. The van der Waals surface area contributed by atoms with E-state index in [9.17, 15) is 9.59 Å². The number of carbonyl (C=O) groups is 2. The van der Waals surface area contributed by atoms with E-state index < -0.39 is 12.0 Å². The Kier molecular flexibility index (Phi) is 5.99. The van der Waals surface area contributed by atoms with Crippen molar-refractivity contribution in [2.75, 3.05) is 13.7 Å². The fraction of sp³-hybridized carbons (Fsp3) is 0.429. The number of rotatable bonds is 7. The molecule has 0 aromatic heterocycles. The van der Waals surface area contributed by atoms with Crippen LogP contribution >= 0.6 is 0 Å². The van der Waals surface area contributed by atoms with E-state index >= 15 is 0 Å². The Hall–Kier alpha value is -2.08. The molecule has 0 aliphatic heterocycles. The van der Waals surface area contributed by atoms with Crippen LogP contribution in [-0.4, -0.2) is 41.6 Å². The maximum absolute atomic E-state index is 11.9. The van der Waals surface area contributed by atoms with Crippen molar-refractivity contribution in [3.05, 3.63) is 29.8 Å². The molecular formula is C14H20N2O4. The molecule has 0 heterocycles. The van der Waals surface area contributed by atoms with Crippen LogP contribution in [0.25, 0.3) is 0 Å². The van der Waals surface area contributed by atoms with Gasteiger partial charge in [0.15, 0.2) is 0 Å². The number of nitrogens with zero attached hydrogens (tertiary/aromatic N) is 1. The normalized spacial score (nSPS) is 11.8. The predicted molar refractivity (Wildman–Crippen MR) is 74.3 cm³/mol. The number of hydrogen-bond donors (Lipinski definition) is 2. The third-order valence-corrected chi connectivity index (χ3v) is 2.74. The largest absolute Gasteiger partial charge is 0.494 e. The molecule has 3 N–H and O–H groups in total. The van der Waals surface area contributed by atoms with Gasteiger partial charge >= 0.3 is 5.97 Å². The highest BCUT2D eigenvalue weighted by Crippen LogP contribution is 2.13. The molecule has 0 bridgehead atoms. The Morgan fingerprint density at radius 3 is 2.45 bits per heavy atom. The van der Waals surface area contributed by atoms with Gasteiger partial charge in [0.05, 0.1) is 19.1 Å². The van der Waals surface area contributed by atoms with Crippen molar-refractivity contribution in [3.63, 3.8) is 0 Å². The zero-order valence-electron chi connectivity index (χ0n) is 11.7. The van der Waals surface area contributed by atoms with Gasteiger partial charge in [-0.25, -0.2) is 0 Å². The SMILES string of the molecule is CCOc1ccc(CN(C)C(=O)C(N)CC(=O)O)cc1. The van der Waals surface area contributed by atoms with Gasteiger partial charge in [-0.1, -0.05) is 12.1 Å². The van der Waals surface area contributed by atoms with E-state index in [4.69, 9.17) is 15.6 Å². The summed E-state index contributed by atoms with van der Waals surface area (Å²) in [5, 5.41) is 8.62. The molecule has 6 heteroatoms. The summed E-state index contributed by atoms with van der Waals surface area (Å²) in [5.74, 6) is -0.700. The highest BCUT2D eigenvalue weighted by molar-refractivity contribution is 5.85. The molecule has 20 heavy (non-hydrogen) atoms. The molecule has 1 atom stereocenters. The summed E-state index contributed by atoms with van der Waals surface area (Å²) in [7, 11) is 1.60. The van der Waals surface area contributed by atoms with Crippen LogP contribution < -0.4 is 10.5 Å². The van der Waals surface area contributed by atoms with Crippen LogP contribution in [0.2, 0.25) is 0 Å². The molecule has 0 saturated heterocycles. The number of carboxylic acids is 1. The van der Waals surface area contributed by atoms with Crippen LogP contribution in [0.5, 0.6) is 5.75 Å². The number of ether oxygens (including phenoxy) is 1. The van der Waals surface area contributed by atoms with Crippen LogP contribution in [-0.2, 0) is 16.1 Å². The minimum Gasteiger partial charge on any atom is -0.494 e. The number of carboxylic acid groups (broad SMARTS) is 1. The number of carbonyl (C=O) groups excluding carboxylic acids is 1. The third kappa shape index (κ3) is 4.89. The summed E-state index contributed by atoms with van der Waals surface area (Å²) in [5.41, 5.74) is 6.47. The van der Waals surface area contributed by atoms with Crippen molar-refractivity contribution in [2.24, 2.45) is 5.73 Å². The van der Waals surface area contributed by atoms with E-state index in [-0.39, 0.29) is 12.3 Å². The maximum atomic E-state index is 11.9. The summed E-state index contributed by atoms with van der Waals surface area (Å²) >= 11 is 0. The van der Waals surface area contributed by atoms with Crippen molar-refractivity contribution >= 4 is 11.9 Å². The predicted octanol–water partition coefficient (Wildman–Crippen LogP) is 0.846. The molecule has 110 valence electrons. The number of nitrogens with two attached hydrogens (primary N) is 1. The standard InChI is InChI=1S/C14H20N2O4/c1-3-20-11-6-4-10(5-7-11)9-16(2)14(19)12(15)8-13(17)18/h4-7,12H,3,8-9,15H2,1-2H3,(H,17,18). The highest BCUT2D eigenvalue weighted by atomic mass is 16.5. The zero-order chi connectivity index (χ0) is 15.1. The van der Waals surface area contributed by atoms with Crippen LogP contribution in [0.4, 0.5) is 0 Å². The molecule has 0 saturated carbocycles. The molecule has 1 aromatic carbocycles. The van der Waals surface area contributed by atoms with Crippen molar-refractivity contribution in [3.8, 4) is 5.75 Å². The van der Waals surface area contributed by atoms with Crippen molar-refractivity contribution < 1.29 is 19.4 Å². The lowest BCUT2D eigenvalue weighted by Crippen LogP contribution is -2.42. The number of hydrogen-bond acceptors (Lipinski definition) is 4. The van der Waals surface area contributed by atoms with Gasteiger partial charge in [0.1, 0.15) is 5.75 Å². The second-order valence-electron chi connectivity index (χ2n) is 4.48. The lowest BCUT2D eigenvalue weighted by molar-refractivity contribution is -0.141. The maximum Gasteiger partial charge on any atom is 0.305 e. The number of benzene rings is 1. The molecule has 1 unspecified atom stereocenters. The van der Waals surface area contributed by atoms with Gasteiger partial charge in [-0.05, 0) is 24.6 Å². The van der Waals surface area contributed by atoms with Gasteiger partial charge < -0.3 is 20.5 Å². The van der Waals surface area contributed by atoms with Gasteiger partial charge in [-0.2, -0.15) is 0 Å². The van der Waals surface area contributed by atoms with E-state index in [1.165, 1.54) is 4.90 Å². The van der Waals surface area contributed by atoms with Gasteiger partial charge in [0.25, 0.3) is 0 Å². The van der Waals surface area contributed by atoms with Crippen molar-refractivity contribution in [1.29, 1.82) is 0 Å². The van der Waals surface area contributed by atoms with Crippen molar-refractivity contribution in [1.82, 2.24) is 4.90 Å². The minimum absolute atomic E-state index is 0.369. The summed E-state index contributed by atoms with van der Waals surface area (Å²) in [6.07, 6.45) is -0.369. The van der Waals surface area contributed by atoms with Gasteiger partial charge in [-0.3, -0.25) is 9.59 Å². The lowest BCUT2D eigenvalue weighted by Gasteiger charge is -2.20. The van der Waals surface area contributed by atoms with E-state index in [1.54, 1.807) is 7.05 Å². The summed E-state index contributed by atoms with van der Waals surface area (Å²) in [4.78, 5) is 23.8. The molecule has 0 aliphatic rings. The van der Waals surface area contributed by atoms with E-state index in [2.05, 4.69) is 0 Å². The number of amides is 1. The fourth-order valence-corrected chi connectivity index (χ4v) is 1.77. The van der Waals surface area contributed by atoms with E-state index in [1.807, 2.05) is 31.2 Å². The molecule has 0 radical (unpaired) electrons. The molecular weight excluding hydrogens is 260 g/mol. The van der Waals surface area contributed by atoms with E-state index in [0.29, 0.717) is 13.2 Å². The van der Waals surface area contributed by atoms with Crippen LogP contribution in [0.15, 0.2) is 24.3 Å². The molecule has 1 rings (SSSR count). The van der Waals surface area contributed by atoms with Crippen LogP contribution in [0.1, 0.15) is 18.9 Å². The first-order valence-electron chi connectivity index (χ1n) is 6.38. The number of likely N-dealkylation sites (N-methyl/N-ethyl adjacent to an activating group) is 1. The van der Waals surface area contributed by atoms with Crippen LogP contribution in [0.3, 0.4) is 0 Å². The molecule has 1 aromatic rings. The van der Waals surface area contributed by atoms with Crippen molar-refractivity contribution in [2.45, 2.75) is 25.9 Å². The zero-order valence-corrected chi connectivity index (χ0v) is 11.7. The molecule has 0 fully saturated rings. The average molecular weight is 280 g/mol. The molecule has 0 spiro atoms. The molecule has 0 aliphatic carbocycles. The van der Waals surface area contributed by atoms with Gasteiger partial charge in [0, 0.05) is 13.6 Å².